The average molecular weight is 288 g/mol. The monoisotopic (exact) mass is 287 g/mol. The number of hydrogen-bond donors (Lipinski definition) is 2. The van der Waals surface area contributed by atoms with E-state index in [-0.39, 0.29) is 16.9 Å². The topological polar surface area (TPSA) is 86.0 Å². The van der Waals surface area contributed by atoms with Crippen LogP contribution >= 0.6 is 11.6 Å². The van der Waals surface area contributed by atoms with Crippen molar-refractivity contribution in [2.45, 2.75) is 0 Å². The third-order valence-electron chi connectivity index (χ3n) is 2.64. The first-order valence-corrected chi connectivity index (χ1v) is 6.16. The molecule has 3 aromatic rings. The Kier molecular flexibility index (Phi) is 3.32. The number of ether oxygens (including phenoxy) is 1. The molecule has 0 aliphatic heterocycles. The number of nitrogens with two attached hydrogens (primary N) is 1. The van der Waals surface area contributed by atoms with Crippen molar-refractivity contribution in [1.82, 2.24) is 15.0 Å². The zero-order valence-corrected chi connectivity index (χ0v) is 11.0. The molecule has 0 radical (unpaired) electrons. The Balaban J connectivity index is 2.05. The van der Waals surface area contributed by atoms with E-state index in [1.165, 1.54) is 6.20 Å². The molecule has 100 valence electrons. The van der Waals surface area contributed by atoms with Crippen molar-refractivity contribution in [3.05, 3.63) is 47.7 Å². The van der Waals surface area contributed by atoms with Crippen LogP contribution in [0.3, 0.4) is 0 Å². The minimum atomic E-state index is 0.216. The molecule has 0 amide bonds. The van der Waals surface area contributed by atoms with Gasteiger partial charge in [0, 0.05) is 11.6 Å². The van der Waals surface area contributed by atoms with Crippen LogP contribution in [0.4, 0.5) is 5.95 Å². The Bertz CT molecular complexity index is 759. The summed E-state index contributed by atoms with van der Waals surface area (Å²) in [5.41, 5.74) is 3.07. The molecule has 0 unspecified atom stereocenters. The molecule has 0 saturated heterocycles. The summed E-state index contributed by atoms with van der Waals surface area (Å²) >= 11 is 6.02. The minimum Gasteiger partial charge on any atom is -0.435 e. The highest BCUT2D eigenvalue weighted by molar-refractivity contribution is 6.31. The van der Waals surface area contributed by atoms with Crippen molar-refractivity contribution in [2.24, 2.45) is 5.84 Å². The fraction of sp³-hybridized carbons (Fsp3) is 0. The normalized spacial score (nSPS) is 10.5. The van der Waals surface area contributed by atoms with E-state index in [0.717, 1.165) is 10.9 Å². The van der Waals surface area contributed by atoms with Crippen LogP contribution in [0, 0.1) is 0 Å². The van der Waals surface area contributed by atoms with Crippen molar-refractivity contribution in [3.8, 4) is 11.6 Å². The molecule has 2 aromatic heterocycles. The summed E-state index contributed by atoms with van der Waals surface area (Å²) in [5, 5.41) is 1.25. The zero-order chi connectivity index (χ0) is 13.9. The molecule has 0 atom stereocenters. The Labute approximate surface area is 119 Å². The van der Waals surface area contributed by atoms with Crippen LogP contribution in [0.2, 0.25) is 5.02 Å². The number of aromatic nitrogens is 3. The number of anilines is 1. The van der Waals surface area contributed by atoms with E-state index >= 15 is 0 Å². The van der Waals surface area contributed by atoms with Crippen molar-refractivity contribution < 1.29 is 4.74 Å². The smallest absolute Gasteiger partial charge is 0.243 e. The van der Waals surface area contributed by atoms with Gasteiger partial charge >= 0.3 is 0 Å². The number of hydrazine groups is 1. The molecule has 1 aromatic carbocycles. The third kappa shape index (κ3) is 2.34. The summed E-state index contributed by atoms with van der Waals surface area (Å²) in [7, 11) is 0. The predicted molar refractivity (Wildman–Crippen MR) is 76.7 cm³/mol. The van der Waals surface area contributed by atoms with Gasteiger partial charge in [-0.15, -0.1) is 0 Å². The lowest BCUT2D eigenvalue weighted by atomic mass is 10.2. The number of hydrogen-bond acceptors (Lipinski definition) is 6. The minimum absolute atomic E-state index is 0.216. The van der Waals surface area contributed by atoms with E-state index in [9.17, 15) is 0 Å². The first-order chi connectivity index (χ1) is 9.78. The van der Waals surface area contributed by atoms with Gasteiger partial charge in [-0.2, -0.15) is 4.98 Å². The number of benzene rings is 1. The van der Waals surface area contributed by atoms with Gasteiger partial charge in [0.1, 0.15) is 10.5 Å². The van der Waals surface area contributed by atoms with Crippen molar-refractivity contribution >= 4 is 28.5 Å². The second-order valence-electron chi connectivity index (χ2n) is 3.92. The highest BCUT2D eigenvalue weighted by Crippen LogP contribution is 2.31. The van der Waals surface area contributed by atoms with Gasteiger partial charge in [0.15, 0.2) is 5.75 Å². The fourth-order valence-corrected chi connectivity index (χ4v) is 1.88. The Morgan fingerprint density at radius 1 is 1.15 bits per heavy atom. The maximum absolute atomic E-state index is 6.02. The molecule has 7 heteroatoms. The van der Waals surface area contributed by atoms with Gasteiger partial charge in [-0.05, 0) is 12.1 Å². The van der Waals surface area contributed by atoms with Crippen molar-refractivity contribution in [1.29, 1.82) is 0 Å². The van der Waals surface area contributed by atoms with Crippen LogP contribution in [0.1, 0.15) is 0 Å². The Morgan fingerprint density at radius 2 is 2.00 bits per heavy atom. The second-order valence-corrected chi connectivity index (χ2v) is 4.33. The maximum Gasteiger partial charge on any atom is 0.243 e. The van der Waals surface area contributed by atoms with Crippen LogP contribution in [0.15, 0.2) is 42.7 Å². The molecule has 6 nitrogen and oxygen atoms in total. The molecule has 3 rings (SSSR count). The molecule has 20 heavy (non-hydrogen) atoms. The van der Waals surface area contributed by atoms with E-state index < -0.39 is 0 Å². The van der Waals surface area contributed by atoms with Crippen molar-refractivity contribution in [2.75, 3.05) is 5.43 Å². The number of rotatable bonds is 3. The van der Waals surface area contributed by atoms with Crippen LogP contribution < -0.4 is 16.0 Å². The van der Waals surface area contributed by atoms with Gasteiger partial charge in [-0.3, -0.25) is 10.4 Å². The molecular formula is C13H10ClN5O. The molecular weight excluding hydrogens is 278 g/mol. The number of fused-ring (bicyclic) bond motifs is 1. The quantitative estimate of drug-likeness (QED) is 0.569. The Morgan fingerprint density at radius 3 is 2.85 bits per heavy atom. The number of para-hydroxylation sites is 1. The van der Waals surface area contributed by atoms with Gasteiger partial charge in [0.25, 0.3) is 0 Å². The fourth-order valence-electron chi connectivity index (χ4n) is 1.76. The van der Waals surface area contributed by atoms with Gasteiger partial charge in [0.2, 0.25) is 11.8 Å². The third-order valence-corrected chi connectivity index (χ3v) is 2.90. The molecule has 2 heterocycles. The Hall–Kier alpha value is -2.44. The molecule has 0 saturated carbocycles. The first-order valence-electron chi connectivity index (χ1n) is 5.78. The van der Waals surface area contributed by atoms with Crippen LogP contribution in [-0.4, -0.2) is 15.0 Å². The first kappa shape index (κ1) is 12.6. The van der Waals surface area contributed by atoms with Crippen LogP contribution in [0.25, 0.3) is 10.9 Å². The van der Waals surface area contributed by atoms with E-state index in [4.69, 9.17) is 22.2 Å². The van der Waals surface area contributed by atoms with E-state index in [1.807, 2.05) is 24.3 Å². The highest BCUT2D eigenvalue weighted by atomic mass is 35.5. The van der Waals surface area contributed by atoms with Gasteiger partial charge in [-0.1, -0.05) is 29.8 Å². The van der Waals surface area contributed by atoms with Gasteiger partial charge < -0.3 is 4.74 Å². The highest BCUT2D eigenvalue weighted by Gasteiger charge is 2.10. The summed E-state index contributed by atoms with van der Waals surface area (Å²) in [6.07, 6.45) is 3.11. The lowest BCUT2D eigenvalue weighted by Crippen LogP contribution is -2.10. The number of nitrogen functional groups attached to an aromatic ring is 1. The van der Waals surface area contributed by atoms with E-state index in [1.54, 1.807) is 12.3 Å². The second kappa shape index (κ2) is 5.28. The summed E-state index contributed by atoms with van der Waals surface area (Å²) in [5.74, 6) is 6.26. The molecule has 0 fully saturated rings. The number of pyridine rings is 1. The molecule has 0 bridgehead atoms. The summed E-state index contributed by atoms with van der Waals surface area (Å²) in [6.45, 7) is 0. The summed E-state index contributed by atoms with van der Waals surface area (Å²) in [4.78, 5) is 12.2. The lowest BCUT2D eigenvalue weighted by Gasteiger charge is -2.09. The van der Waals surface area contributed by atoms with E-state index in [0.29, 0.717) is 5.75 Å². The summed E-state index contributed by atoms with van der Waals surface area (Å²) < 4.78 is 5.72. The van der Waals surface area contributed by atoms with Crippen molar-refractivity contribution in [3.63, 3.8) is 0 Å². The standard InChI is InChI=1S/C13H10ClN5O/c14-9-7-17-13(19-15)18-12(9)20-10-5-1-3-8-4-2-6-16-11(8)10/h1-7H,15H2,(H,17,18,19). The molecule has 0 aliphatic rings. The molecule has 0 spiro atoms. The number of halogens is 1. The van der Waals surface area contributed by atoms with Crippen LogP contribution in [-0.2, 0) is 0 Å². The lowest BCUT2D eigenvalue weighted by molar-refractivity contribution is 0.467. The molecule has 0 aliphatic carbocycles. The van der Waals surface area contributed by atoms with Gasteiger partial charge in [-0.25, -0.2) is 10.8 Å². The van der Waals surface area contributed by atoms with Crippen LogP contribution in [0.5, 0.6) is 11.6 Å². The average Bonchev–Trinajstić information content (AvgIpc) is 2.50. The number of nitrogens with zero attached hydrogens (tertiary/aromatic N) is 3. The largest absolute Gasteiger partial charge is 0.435 e. The molecule has 3 N–H and O–H groups in total. The zero-order valence-electron chi connectivity index (χ0n) is 10.2. The predicted octanol–water partition coefficient (Wildman–Crippen LogP) is 2.76. The van der Waals surface area contributed by atoms with E-state index in [2.05, 4.69) is 20.4 Å². The SMILES string of the molecule is NNc1ncc(Cl)c(Oc2cccc3cccnc23)n1. The van der Waals surface area contributed by atoms with Gasteiger partial charge in [0.05, 0.1) is 6.20 Å². The number of nitrogens with one attached hydrogen (secondary N) is 1. The maximum atomic E-state index is 6.02. The summed E-state index contributed by atoms with van der Waals surface area (Å²) in [6, 6.07) is 9.42.